The van der Waals surface area contributed by atoms with E-state index in [1.165, 1.54) is 0 Å². The molecule has 120 valence electrons. The molecule has 4 aromatic rings. The number of aryl methyl sites for hydroxylation is 3. The Hall–Kier alpha value is -3.29. The first-order valence-corrected chi connectivity index (χ1v) is 7.48. The molecule has 8 nitrogen and oxygen atoms in total. The summed E-state index contributed by atoms with van der Waals surface area (Å²) >= 11 is 0. The summed E-state index contributed by atoms with van der Waals surface area (Å²) < 4.78 is 6.47. The molecular weight excluding hydrogens is 306 g/mol. The summed E-state index contributed by atoms with van der Waals surface area (Å²) in [7, 11) is 0. The first-order chi connectivity index (χ1) is 11.6. The molecule has 0 aliphatic rings. The molecule has 0 aliphatic carbocycles. The molecule has 0 saturated carbocycles. The Bertz CT molecular complexity index is 1030. The lowest BCUT2D eigenvalue weighted by atomic mass is 10.2. The highest BCUT2D eigenvalue weighted by Gasteiger charge is 2.17. The average molecular weight is 321 g/mol. The van der Waals surface area contributed by atoms with E-state index in [0.717, 1.165) is 22.6 Å². The van der Waals surface area contributed by atoms with Gasteiger partial charge in [-0.25, -0.2) is 14.3 Å². The molecule has 8 heteroatoms. The van der Waals surface area contributed by atoms with Gasteiger partial charge in [-0.15, -0.1) is 0 Å². The fourth-order valence-electron chi connectivity index (χ4n) is 2.54. The van der Waals surface area contributed by atoms with Crippen LogP contribution in [0.4, 0.5) is 11.5 Å². The molecule has 3 heterocycles. The van der Waals surface area contributed by atoms with Crippen LogP contribution in [-0.4, -0.2) is 30.1 Å². The summed E-state index contributed by atoms with van der Waals surface area (Å²) in [6, 6.07) is 9.92. The largest absolute Gasteiger partial charge is 0.337 e. The number of nitrogens with zero attached hydrogens (tertiary/aromatic N) is 6. The maximum atomic E-state index is 4.74. The van der Waals surface area contributed by atoms with Crippen LogP contribution in [0.5, 0.6) is 0 Å². The zero-order valence-electron chi connectivity index (χ0n) is 13.5. The smallest absolute Gasteiger partial charge is 0.245 e. The monoisotopic (exact) mass is 321 g/mol. The Labute approximate surface area is 137 Å². The lowest BCUT2D eigenvalue weighted by Gasteiger charge is -2.12. The molecule has 3 aromatic heterocycles. The van der Waals surface area contributed by atoms with Gasteiger partial charge in [-0.2, -0.15) is 10.1 Å². The lowest BCUT2D eigenvalue weighted by molar-refractivity contribution is 0.314. The number of nitrogens with one attached hydrogen (secondary N) is 1. The predicted molar refractivity (Wildman–Crippen MR) is 88.5 cm³/mol. The van der Waals surface area contributed by atoms with Crippen molar-refractivity contribution in [2.45, 2.75) is 20.8 Å². The van der Waals surface area contributed by atoms with E-state index in [2.05, 4.69) is 30.7 Å². The van der Waals surface area contributed by atoms with Gasteiger partial charge in [-0.3, -0.25) is 0 Å². The van der Waals surface area contributed by atoms with E-state index in [1.807, 2.05) is 51.1 Å². The number of hydrogen-bond acceptors (Lipinski definition) is 7. The van der Waals surface area contributed by atoms with E-state index in [1.54, 1.807) is 4.68 Å². The molecule has 0 amide bonds. The summed E-state index contributed by atoms with van der Waals surface area (Å²) in [6.45, 7) is 5.92. The van der Waals surface area contributed by atoms with Crippen LogP contribution in [0.25, 0.3) is 17.1 Å². The van der Waals surface area contributed by atoms with E-state index in [4.69, 9.17) is 4.63 Å². The van der Waals surface area contributed by atoms with Gasteiger partial charge in [0.05, 0.1) is 5.69 Å². The highest BCUT2D eigenvalue weighted by molar-refractivity contribution is 5.73. The van der Waals surface area contributed by atoms with Gasteiger partial charge in [0, 0.05) is 11.4 Å². The quantitative estimate of drug-likeness (QED) is 0.620. The molecule has 0 unspecified atom stereocenters. The standard InChI is InChI=1S/C16H15N7O/c1-9-6-4-5-7-12(9)17-15-16(23-11(3)8-10(2)20-23)19-14-13(18-15)21-24-22-14/h4-8H,1-3H3,(H,17,18,21). The minimum absolute atomic E-state index is 0.341. The van der Waals surface area contributed by atoms with Crippen molar-refractivity contribution in [2.24, 2.45) is 0 Å². The van der Waals surface area contributed by atoms with E-state index in [0.29, 0.717) is 22.9 Å². The summed E-state index contributed by atoms with van der Waals surface area (Å²) in [5, 5.41) is 15.4. The van der Waals surface area contributed by atoms with Crippen molar-refractivity contribution in [3.8, 4) is 5.82 Å². The van der Waals surface area contributed by atoms with Crippen LogP contribution in [0.1, 0.15) is 17.0 Å². The van der Waals surface area contributed by atoms with Gasteiger partial charge >= 0.3 is 0 Å². The Morgan fingerprint density at radius 1 is 1.00 bits per heavy atom. The number of aromatic nitrogens is 6. The minimum Gasteiger partial charge on any atom is -0.337 e. The van der Waals surface area contributed by atoms with Gasteiger partial charge in [-0.1, -0.05) is 18.2 Å². The van der Waals surface area contributed by atoms with Crippen LogP contribution in [0.15, 0.2) is 35.0 Å². The first kappa shape index (κ1) is 14.3. The summed E-state index contributed by atoms with van der Waals surface area (Å²) in [5.74, 6) is 1.09. The summed E-state index contributed by atoms with van der Waals surface area (Å²) in [4.78, 5) is 9.01. The Morgan fingerprint density at radius 2 is 1.75 bits per heavy atom. The lowest BCUT2D eigenvalue weighted by Crippen LogP contribution is -2.09. The van der Waals surface area contributed by atoms with Crippen molar-refractivity contribution in [3.05, 3.63) is 47.3 Å². The van der Waals surface area contributed by atoms with E-state index in [9.17, 15) is 0 Å². The number of fused-ring (bicyclic) bond motifs is 1. The first-order valence-electron chi connectivity index (χ1n) is 7.48. The zero-order valence-corrected chi connectivity index (χ0v) is 13.5. The third-order valence-electron chi connectivity index (χ3n) is 3.70. The second-order valence-corrected chi connectivity index (χ2v) is 5.59. The second kappa shape index (κ2) is 5.41. The Morgan fingerprint density at radius 3 is 2.46 bits per heavy atom. The molecular formula is C16H15N7O. The van der Waals surface area contributed by atoms with Crippen LogP contribution in [0.3, 0.4) is 0 Å². The van der Waals surface area contributed by atoms with E-state index in [-0.39, 0.29) is 0 Å². The molecule has 0 saturated heterocycles. The molecule has 1 aromatic carbocycles. The molecule has 0 spiro atoms. The Kier molecular flexibility index (Phi) is 3.23. The second-order valence-electron chi connectivity index (χ2n) is 5.59. The molecule has 1 N–H and O–H groups in total. The van der Waals surface area contributed by atoms with E-state index < -0.39 is 0 Å². The normalized spacial score (nSPS) is 11.1. The van der Waals surface area contributed by atoms with Gasteiger partial charge in [0.2, 0.25) is 11.3 Å². The van der Waals surface area contributed by atoms with Gasteiger partial charge in [0.15, 0.2) is 11.6 Å². The van der Waals surface area contributed by atoms with Crippen LogP contribution in [0, 0.1) is 20.8 Å². The summed E-state index contributed by atoms with van der Waals surface area (Å²) in [6.07, 6.45) is 0. The number of anilines is 2. The highest BCUT2D eigenvalue weighted by Crippen LogP contribution is 2.25. The van der Waals surface area contributed by atoms with Crippen molar-refractivity contribution in [1.82, 2.24) is 30.1 Å². The molecule has 0 radical (unpaired) electrons. The van der Waals surface area contributed by atoms with Crippen LogP contribution in [0.2, 0.25) is 0 Å². The number of hydrogen-bond donors (Lipinski definition) is 1. The van der Waals surface area contributed by atoms with Crippen molar-refractivity contribution in [2.75, 3.05) is 5.32 Å². The fraction of sp³-hybridized carbons (Fsp3) is 0.188. The van der Waals surface area contributed by atoms with Crippen molar-refractivity contribution >= 4 is 22.8 Å². The molecule has 0 aliphatic heterocycles. The van der Waals surface area contributed by atoms with Crippen molar-refractivity contribution in [3.63, 3.8) is 0 Å². The Balaban J connectivity index is 1.91. The summed E-state index contributed by atoms with van der Waals surface area (Å²) in [5.41, 5.74) is 4.56. The van der Waals surface area contributed by atoms with Gasteiger partial charge < -0.3 is 5.32 Å². The minimum atomic E-state index is 0.341. The molecule has 24 heavy (non-hydrogen) atoms. The van der Waals surface area contributed by atoms with E-state index >= 15 is 0 Å². The van der Waals surface area contributed by atoms with Gasteiger partial charge in [0.25, 0.3) is 0 Å². The third-order valence-corrected chi connectivity index (χ3v) is 3.70. The van der Waals surface area contributed by atoms with Gasteiger partial charge in [0.1, 0.15) is 0 Å². The van der Waals surface area contributed by atoms with Gasteiger partial charge in [-0.05, 0) is 48.8 Å². The van der Waals surface area contributed by atoms with Crippen LogP contribution in [-0.2, 0) is 0 Å². The average Bonchev–Trinajstić information content (AvgIpc) is 3.14. The molecule has 0 bridgehead atoms. The molecule has 0 atom stereocenters. The van der Waals surface area contributed by atoms with Crippen LogP contribution < -0.4 is 5.32 Å². The fourth-order valence-corrected chi connectivity index (χ4v) is 2.54. The SMILES string of the molecule is Cc1cc(C)n(-c2nc3nonc3nc2Nc2ccccc2C)n1. The zero-order chi connectivity index (χ0) is 16.7. The molecule has 0 fully saturated rings. The number of rotatable bonds is 3. The van der Waals surface area contributed by atoms with Crippen molar-refractivity contribution < 1.29 is 4.63 Å². The van der Waals surface area contributed by atoms with Crippen LogP contribution >= 0.6 is 0 Å². The molecule has 4 rings (SSSR count). The van der Waals surface area contributed by atoms with Crippen molar-refractivity contribution in [1.29, 1.82) is 0 Å². The number of benzene rings is 1. The highest BCUT2D eigenvalue weighted by atomic mass is 16.6. The number of para-hydroxylation sites is 1. The maximum Gasteiger partial charge on any atom is 0.245 e. The third kappa shape index (κ3) is 2.37. The predicted octanol–water partition coefficient (Wildman–Crippen LogP) is 2.87. The topological polar surface area (TPSA) is 94.5 Å². The maximum absolute atomic E-state index is 4.74.